The fourth-order valence-electron chi connectivity index (χ4n) is 0.972. The zero-order valence-electron chi connectivity index (χ0n) is 7.34. The molecule has 0 aliphatic carbocycles. The first-order valence-corrected chi connectivity index (χ1v) is 3.83. The highest BCUT2D eigenvalue weighted by Crippen LogP contribution is 2.06. The first-order valence-electron chi connectivity index (χ1n) is 3.83. The summed E-state index contributed by atoms with van der Waals surface area (Å²) in [7, 11) is -1.40. The quantitative estimate of drug-likeness (QED) is 0.581. The van der Waals surface area contributed by atoms with E-state index in [-0.39, 0.29) is 18.4 Å². The van der Waals surface area contributed by atoms with Gasteiger partial charge < -0.3 is 15.8 Å². The molecule has 0 bridgehead atoms. The lowest BCUT2D eigenvalue weighted by molar-refractivity contribution is 0.426. The van der Waals surface area contributed by atoms with Crippen LogP contribution in [0.5, 0.6) is 0 Å². The largest absolute Gasteiger partial charge is 0.488 e. The van der Waals surface area contributed by atoms with Gasteiger partial charge in [0.05, 0.1) is 0 Å². The molecule has 0 unspecified atom stereocenters. The Kier molecular flexibility index (Phi) is 5.02. The van der Waals surface area contributed by atoms with Crippen LogP contribution < -0.4 is 11.2 Å². The van der Waals surface area contributed by atoms with E-state index in [1.807, 2.05) is 6.92 Å². The van der Waals surface area contributed by atoms with Crippen LogP contribution in [0, 0.1) is 0 Å². The molecule has 0 saturated heterocycles. The van der Waals surface area contributed by atoms with Gasteiger partial charge in [-0.3, -0.25) is 0 Å². The molecule has 72 valence electrons. The molecule has 3 nitrogen and oxygen atoms in total. The number of hydrogen-bond donors (Lipinski definition) is 3. The second-order valence-electron chi connectivity index (χ2n) is 2.83. The molecule has 4 N–H and O–H groups in total. The number of nitrogens with two attached hydrogens (primary N) is 1. The van der Waals surface area contributed by atoms with E-state index in [9.17, 15) is 0 Å². The standard InChI is InChI=1S/C8H12BNO2.ClH/c1-6(10)7-2-4-8(5-3-7)9(11)12;/h2-6,11-12H,10H2,1H3;1H/t6-;/m1./s1. The van der Waals surface area contributed by atoms with Gasteiger partial charge in [-0.25, -0.2) is 0 Å². The second-order valence-corrected chi connectivity index (χ2v) is 2.83. The summed E-state index contributed by atoms with van der Waals surface area (Å²) in [6, 6.07) is 6.88. The Morgan fingerprint density at radius 3 is 2.00 bits per heavy atom. The predicted molar refractivity (Wildman–Crippen MR) is 56.1 cm³/mol. The zero-order chi connectivity index (χ0) is 9.14. The Bertz CT molecular complexity index is 224. The molecule has 0 aliphatic rings. The van der Waals surface area contributed by atoms with Crippen molar-refractivity contribution in [1.29, 1.82) is 0 Å². The smallest absolute Gasteiger partial charge is 0.423 e. The lowest BCUT2D eigenvalue weighted by Gasteiger charge is -2.05. The minimum absolute atomic E-state index is 0. The van der Waals surface area contributed by atoms with Gasteiger partial charge in [0.15, 0.2) is 0 Å². The van der Waals surface area contributed by atoms with Crippen LogP contribution in [0.2, 0.25) is 0 Å². The molecule has 0 radical (unpaired) electrons. The van der Waals surface area contributed by atoms with Gasteiger partial charge in [-0.2, -0.15) is 0 Å². The maximum absolute atomic E-state index is 8.78. The molecule has 13 heavy (non-hydrogen) atoms. The van der Waals surface area contributed by atoms with Crippen LogP contribution in [-0.2, 0) is 0 Å². The van der Waals surface area contributed by atoms with Crippen molar-refractivity contribution in [3.05, 3.63) is 29.8 Å². The third-order valence-corrected chi connectivity index (χ3v) is 1.76. The summed E-state index contributed by atoms with van der Waals surface area (Å²) in [5.74, 6) is 0. The summed E-state index contributed by atoms with van der Waals surface area (Å²) in [4.78, 5) is 0. The zero-order valence-corrected chi connectivity index (χ0v) is 8.16. The molecule has 0 fully saturated rings. The fraction of sp³-hybridized carbons (Fsp3) is 0.250. The van der Waals surface area contributed by atoms with E-state index in [2.05, 4.69) is 0 Å². The Morgan fingerprint density at radius 2 is 1.69 bits per heavy atom. The number of halogens is 1. The molecule has 0 amide bonds. The Labute approximate surface area is 84.1 Å². The third kappa shape index (κ3) is 3.36. The van der Waals surface area contributed by atoms with Gasteiger partial charge >= 0.3 is 7.12 Å². The van der Waals surface area contributed by atoms with Gasteiger partial charge in [0.25, 0.3) is 0 Å². The molecule has 0 heterocycles. The van der Waals surface area contributed by atoms with Gasteiger partial charge in [-0.15, -0.1) is 12.4 Å². The Morgan fingerprint density at radius 1 is 1.23 bits per heavy atom. The highest BCUT2D eigenvalue weighted by Gasteiger charge is 2.09. The maximum atomic E-state index is 8.78. The van der Waals surface area contributed by atoms with Crippen molar-refractivity contribution in [2.45, 2.75) is 13.0 Å². The summed E-state index contributed by atoms with van der Waals surface area (Å²) in [6.45, 7) is 1.88. The molecule has 5 heteroatoms. The van der Waals surface area contributed by atoms with Crippen molar-refractivity contribution in [2.75, 3.05) is 0 Å². The molecule has 0 spiro atoms. The number of hydrogen-bond acceptors (Lipinski definition) is 3. The molecule has 1 aromatic carbocycles. The Hall–Kier alpha value is -0.545. The molecule has 1 rings (SSSR count). The molecule has 0 aliphatic heterocycles. The normalized spacial score (nSPS) is 11.7. The molecule has 1 aromatic rings. The van der Waals surface area contributed by atoms with E-state index >= 15 is 0 Å². The SMILES string of the molecule is C[C@@H](N)c1ccc(B(O)O)cc1.Cl. The average Bonchev–Trinajstić information content (AvgIpc) is 2.04. The van der Waals surface area contributed by atoms with Crippen LogP contribution in [0.3, 0.4) is 0 Å². The monoisotopic (exact) mass is 201 g/mol. The lowest BCUT2D eigenvalue weighted by atomic mass is 9.80. The number of benzene rings is 1. The summed E-state index contributed by atoms with van der Waals surface area (Å²) in [6.07, 6.45) is 0. The van der Waals surface area contributed by atoms with Crippen molar-refractivity contribution >= 4 is 25.0 Å². The van der Waals surface area contributed by atoms with Crippen LogP contribution in [0.15, 0.2) is 24.3 Å². The van der Waals surface area contributed by atoms with Gasteiger partial charge in [-0.05, 0) is 17.9 Å². The topological polar surface area (TPSA) is 66.5 Å². The molecule has 0 saturated carbocycles. The minimum Gasteiger partial charge on any atom is -0.423 e. The predicted octanol–water partition coefficient (Wildman–Crippen LogP) is -0.192. The van der Waals surface area contributed by atoms with E-state index in [1.165, 1.54) is 0 Å². The van der Waals surface area contributed by atoms with Crippen LogP contribution in [-0.4, -0.2) is 17.2 Å². The van der Waals surface area contributed by atoms with Crippen LogP contribution in [0.4, 0.5) is 0 Å². The van der Waals surface area contributed by atoms with Crippen LogP contribution in [0.25, 0.3) is 0 Å². The average molecular weight is 201 g/mol. The summed E-state index contributed by atoms with van der Waals surface area (Å²) in [5, 5.41) is 17.6. The third-order valence-electron chi connectivity index (χ3n) is 1.76. The van der Waals surface area contributed by atoms with Crippen molar-refractivity contribution < 1.29 is 10.0 Å². The van der Waals surface area contributed by atoms with E-state index in [4.69, 9.17) is 15.8 Å². The highest BCUT2D eigenvalue weighted by atomic mass is 35.5. The van der Waals surface area contributed by atoms with Gasteiger partial charge in [0.1, 0.15) is 0 Å². The highest BCUT2D eigenvalue weighted by molar-refractivity contribution is 6.58. The first kappa shape index (κ1) is 12.5. The van der Waals surface area contributed by atoms with Crippen molar-refractivity contribution in [1.82, 2.24) is 0 Å². The second kappa shape index (κ2) is 5.24. The minimum atomic E-state index is -1.40. The molecular formula is C8H13BClNO2. The van der Waals surface area contributed by atoms with Crippen LogP contribution >= 0.6 is 12.4 Å². The van der Waals surface area contributed by atoms with Gasteiger partial charge in [-0.1, -0.05) is 24.3 Å². The number of rotatable bonds is 2. The van der Waals surface area contributed by atoms with Crippen molar-refractivity contribution in [3.8, 4) is 0 Å². The summed E-state index contributed by atoms with van der Waals surface area (Å²) in [5.41, 5.74) is 7.09. The molecular weight excluding hydrogens is 188 g/mol. The molecule has 1 atom stereocenters. The van der Waals surface area contributed by atoms with E-state index < -0.39 is 7.12 Å². The van der Waals surface area contributed by atoms with Crippen LogP contribution in [0.1, 0.15) is 18.5 Å². The lowest BCUT2D eigenvalue weighted by Crippen LogP contribution is -2.29. The van der Waals surface area contributed by atoms with E-state index in [1.54, 1.807) is 24.3 Å². The summed E-state index contributed by atoms with van der Waals surface area (Å²) >= 11 is 0. The van der Waals surface area contributed by atoms with Gasteiger partial charge in [0, 0.05) is 6.04 Å². The van der Waals surface area contributed by atoms with Crippen molar-refractivity contribution in [3.63, 3.8) is 0 Å². The maximum Gasteiger partial charge on any atom is 0.488 e. The summed E-state index contributed by atoms with van der Waals surface area (Å²) < 4.78 is 0. The van der Waals surface area contributed by atoms with E-state index in [0.717, 1.165) is 5.56 Å². The fourth-order valence-corrected chi connectivity index (χ4v) is 0.972. The molecule has 0 aromatic heterocycles. The first-order chi connectivity index (χ1) is 5.61. The van der Waals surface area contributed by atoms with E-state index in [0.29, 0.717) is 5.46 Å². The van der Waals surface area contributed by atoms with Gasteiger partial charge in [0.2, 0.25) is 0 Å². The van der Waals surface area contributed by atoms with Crippen molar-refractivity contribution in [2.24, 2.45) is 5.73 Å². The Balaban J connectivity index is 0.00000144.